The largest absolute Gasteiger partial charge is 0.308 e. The highest BCUT2D eigenvalue weighted by Crippen LogP contribution is 2.19. The molecule has 0 spiro atoms. The second-order valence-corrected chi connectivity index (χ2v) is 6.90. The van der Waals surface area contributed by atoms with Gasteiger partial charge in [0.15, 0.2) is 0 Å². The summed E-state index contributed by atoms with van der Waals surface area (Å²) in [5.74, 6) is 5.65. The van der Waals surface area contributed by atoms with Crippen LogP contribution in [0.3, 0.4) is 0 Å². The Bertz CT molecular complexity index is 508. The normalized spacial score (nSPS) is 18.2. The zero-order chi connectivity index (χ0) is 14.4. The van der Waals surface area contributed by atoms with Crippen LogP contribution in [-0.4, -0.2) is 19.4 Å². The molecule has 1 aliphatic rings. The summed E-state index contributed by atoms with van der Waals surface area (Å²) < 4.78 is 27.4. The molecule has 1 aromatic rings. The maximum absolute atomic E-state index is 12.3. The van der Waals surface area contributed by atoms with Gasteiger partial charge in [-0.2, -0.15) is 0 Å². The van der Waals surface area contributed by atoms with Crippen molar-refractivity contribution in [2.75, 3.05) is 5.43 Å². The molecule has 0 aliphatic heterocycles. The first kappa shape index (κ1) is 15.2. The summed E-state index contributed by atoms with van der Waals surface area (Å²) in [5, 5.41) is 0. The van der Waals surface area contributed by atoms with Crippen LogP contribution >= 0.6 is 0 Å². The Morgan fingerprint density at radius 1 is 1.10 bits per heavy atom. The summed E-state index contributed by atoms with van der Waals surface area (Å²) in [5.41, 5.74) is 2.38. The summed E-state index contributed by atoms with van der Waals surface area (Å²) in [6.45, 7) is 0. The fraction of sp³-hybridized carbons (Fsp3) is 0.615. The van der Waals surface area contributed by atoms with Gasteiger partial charge in [0.05, 0.1) is 0 Å². The molecule has 1 fully saturated rings. The van der Waals surface area contributed by atoms with Crippen LogP contribution in [0, 0.1) is 0 Å². The zero-order valence-corrected chi connectivity index (χ0v) is 12.3. The minimum Gasteiger partial charge on any atom is -0.308 e. The van der Waals surface area contributed by atoms with Crippen LogP contribution in [0.25, 0.3) is 0 Å². The van der Waals surface area contributed by atoms with Gasteiger partial charge in [0.2, 0.25) is 10.0 Å². The summed E-state index contributed by atoms with van der Waals surface area (Å²) in [7, 11) is -3.49. The van der Waals surface area contributed by atoms with Crippen LogP contribution in [0.15, 0.2) is 23.2 Å². The number of nitrogens with two attached hydrogens (primary N) is 1. The molecular formula is C13H22N4O2S. The predicted octanol–water partition coefficient (Wildman–Crippen LogP) is 1.76. The monoisotopic (exact) mass is 298 g/mol. The van der Waals surface area contributed by atoms with E-state index in [4.69, 9.17) is 5.84 Å². The molecule has 0 saturated heterocycles. The summed E-state index contributed by atoms with van der Waals surface area (Å²) >= 11 is 0. The highest BCUT2D eigenvalue weighted by atomic mass is 32.2. The SMILES string of the molecule is NNc1ccc(S(=O)(=O)NC2CCCCCCC2)cn1. The minimum absolute atomic E-state index is 0.0348. The van der Waals surface area contributed by atoms with Crippen molar-refractivity contribution in [1.29, 1.82) is 0 Å². The van der Waals surface area contributed by atoms with Crippen molar-refractivity contribution >= 4 is 15.8 Å². The van der Waals surface area contributed by atoms with Gasteiger partial charge in [0.25, 0.3) is 0 Å². The first-order valence-electron chi connectivity index (χ1n) is 7.07. The van der Waals surface area contributed by atoms with Crippen molar-refractivity contribution in [3.63, 3.8) is 0 Å². The standard InChI is InChI=1S/C13H22N4O2S/c14-16-13-9-8-12(10-15-13)20(18,19)17-11-6-4-2-1-3-5-7-11/h8-11,17H,1-7,14H2,(H,15,16). The van der Waals surface area contributed by atoms with Crippen molar-refractivity contribution in [3.05, 3.63) is 18.3 Å². The average molecular weight is 298 g/mol. The molecule has 1 aromatic heterocycles. The molecular weight excluding hydrogens is 276 g/mol. The van der Waals surface area contributed by atoms with E-state index in [-0.39, 0.29) is 10.9 Å². The van der Waals surface area contributed by atoms with E-state index < -0.39 is 10.0 Å². The van der Waals surface area contributed by atoms with Crippen molar-refractivity contribution in [3.8, 4) is 0 Å². The number of aromatic nitrogens is 1. The average Bonchev–Trinajstić information content (AvgIpc) is 2.42. The molecule has 6 nitrogen and oxygen atoms in total. The predicted molar refractivity (Wildman–Crippen MR) is 78.5 cm³/mol. The minimum atomic E-state index is -3.49. The Morgan fingerprint density at radius 2 is 1.75 bits per heavy atom. The van der Waals surface area contributed by atoms with Crippen LogP contribution in [0.5, 0.6) is 0 Å². The van der Waals surface area contributed by atoms with Crippen LogP contribution in [0.1, 0.15) is 44.9 Å². The van der Waals surface area contributed by atoms with E-state index in [1.807, 2.05) is 0 Å². The molecule has 7 heteroatoms. The molecule has 4 N–H and O–H groups in total. The maximum atomic E-state index is 12.3. The topological polar surface area (TPSA) is 97.1 Å². The number of nitrogens with one attached hydrogen (secondary N) is 2. The van der Waals surface area contributed by atoms with E-state index in [0.29, 0.717) is 5.82 Å². The number of hydrogen-bond donors (Lipinski definition) is 3. The fourth-order valence-electron chi connectivity index (χ4n) is 2.49. The lowest BCUT2D eigenvalue weighted by atomic mass is 9.97. The van der Waals surface area contributed by atoms with Gasteiger partial charge in [-0.3, -0.25) is 0 Å². The van der Waals surface area contributed by atoms with Crippen LogP contribution < -0.4 is 16.0 Å². The molecule has 0 aromatic carbocycles. The van der Waals surface area contributed by atoms with Gasteiger partial charge in [-0.25, -0.2) is 24.0 Å². The fourth-order valence-corrected chi connectivity index (χ4v) is 3.74. The van der Waals surface area contributed by atoms with E-state index in [2.05, 4.69) is 15.1 Å². The van der Waals surface area contributed by atoms with Gasteiger partial charge in [-0.1, -0.05) is 32.1 Å². The number of nitrogens with zero attached hydrogens (tertiary/aromatic N) is 1. The van der Waals surface area contributed by atoms with Crippen molar-refractivity contribution in [2.45, 2.75) is 55.9 Å². The molecule has 20 heavy (non-hydrogen) atoms. The van der Waals surface area contributed by atoms with Crippen LogP contribution in [-0.2, 0) is 10.0 Å². The molecule has 1 heterocycles. The highest BCUT2D eigenvalue weighted by molar-refractivity contribution is 7.89. The number of sulfonamides is 1. The Morgan fingerprint density at radius 3 is 2.30 bits per heavy atom. The number of hydrogen-bond acceptors (Lipinski definition) is 5. The molecule has 112 valence electrons. The first-order valence-corrected chi connectivity index (χ1v) is 8.55. The van der Waals surface area contributed by atoms with E-state index in [1.165, 1.54) is 31.5 Å². The number of hydrazine groups is 1. The van der Waals surface area contributed by atoms with Gasteiger partial charge in [0.1, 0.15) is 10.7 Å². The van der Waals surface area contributed by atoms with Crippen molar-refractivity contribution in [2.24, 2.45) is 5.84 Å². The van der Waals surface area contributed by atoms with E-state index >= 15 is 0 Å². The Kier molecular flexibility index (Phi) is 5.33. The smallest absolute Gasteiger partial charge is 0.242 e. The van der Waals surface area contributed by atoms with E-state index in [1.54, 1.807) is 6.07 Å². The maximum Gasteiger partial charge on any atom is 0.242 e. The Labute approximate surface area is 120 Å². The molecule has 0 bridgehead atoms. The Balaban J connectivity index is 2.04. The number of rotatable bonds is 4. The quantitative estimate of drug-likeness (QED) is 0.581. The third-order valence-electron chi connectivity index (χ3n) is 3.62. The second-order valence-electron chi connectivity index (χ2n) is 5.19. The third kappa shape index (κ3) is 4.16. The third-order valence-corrected chi connectivity index (χ3v) is 5.13. The van der Waals surface area contributed by atoms with Crippen molar-refractivity contribution < 1.29 is 8.42 Å². The van der Waals surface area contributed by atoms with Gasteiger partial charge in [0, 0.05) is 12.2 Å². The molecule has 0 amide bonds. The number of pyridine rings is 1. The second kappa shape index (κ2) is 7.01. The van der Waals surface area contributed by atoms with E-state index in [9.17, 15) is 8.42 Å². The molecule has 0 atom stereocenters. The van der Waals surface area contributed by atoms with Crippen molar-refractivity contribution in [1.82, 2.24) is 9.71 Å². The lowest BCUT2D eigenvalue weighted by Crippen LogP contribution is -2.35. The highest BCUT2D eigenvalue weighted by Gasteiger charge is 2.20. The first-order chi connectivity index (χ1) is 9.62. The van der Waals surface area contributed by atoms with E-state index in [0.717, 1.165) is 25.7 Å². The van der Waals surface area contributed by atoms with Crippen LogP contribution in [0.4, 0.5) is 5.82 Å². The number of anilines is 1. The van der Waals surface area contributed by atoms with Gasteiger partial charge in [-0.15, -0.1) is 0 Å². The summed E-state index contributed by atoms with van der Waals surface area (Å²) in [6, 6.07) is 3.09. The zero-order valence-electron chi connectivity index (χ0n) is 11.5. The molecule has 1 saturated carbocycles. The molecule has 0 radical (unpaired) electrons. The molecule has 2 rings (SSSR count). The van der Waals surface area contributed by atoms with Gasteiger partial charge < -0.3 is 5.43 Å². The number of nitrogen functional groups attached to an aromatic ring is 1. The molecule has 1 aliphatic carbocycles. The lowest BCUT2D eigenvalue weighted by Gasteiger charge is -2.20. The van der Waals surface area contributed by atoms with Crippen LogP contribution in [0.2, 0.25) is 0 Å². The molecule has 0 unspecified atom stereocenters. The summed E-state index contributed by atoms with van der Waals surface area (Å²) in [6.07, 6.45) is 8.96. The lowest BCUT2D eigenvalue weighted by molar-refractivity contribution is 0.426. The Hall–Kier alpha value is -1.18. The van der Waals surface area contributed by atoms with Gasteiger partial charge in [-0.05, 0) is 25.0 Å². The van der Waals surface area contributed by atoms with Gasteiger partial charge >= 0.3 is 0 Å². The summed E-state index contributed by atoms with van der Waals surface area (Å²) in [4.78, 5) is 4.11.